The molecular weight excluding hydrogens is 146 g/mol. The standard InChI is InChI=1S/C11H23N/c1-10(2,3)8-7-9-12-11(4,5)6/h7-8,12H,9H2,1-6H3. The molecule has 1 heteroatoms. The Kier molecular flexibility index (Phi) is 3.98. The second-order valence-corrected chi connectivity index (χ2v) is 5.40. The first-order valence-corrected chi connectivity index (χ1v) is 4.63. The van der Waals surface area contributed by atoms with Crippen molar-refractivity contribution in [2.75, 3.05) is 6.54 Å². The monoisotopic (exact) mass is 169 g/mol. The van der Waals surface area contributed by atoms with E-state index in [1.165, 1.54) is 0 Å². The molecule has 0 radical (unpaired) electrons. The molecule has 0 saturated carbocycles. The molecule has 0 aliphatic heterocycles. The van der Waals surface area contributed by atoms with Crippen molar-refractivity contribution in [1.29, 1.82) is 0 Å². The lowest BCUT2D eigenvalue weighted by Gasteiger charge is -2.19. The maximum absolute atomic E-state index is 3.41. The van der Waals surface area contributed by atoms with E-state index >= 15 is 0 Å². The molecule has 0 spiro atoms. The highest BCUT2D eigenvalue weighted by atomic mass is 14.9. The average Bonchev–Trinajstić information content (AvgIpc) is 1.76. The highest BCUT2D eigenvalue weighted by Gasteiger charge is 2.07. The van der Waals surface area contributed by atoms with E-state index in [0.717, 1.165) is 6.54 Å². The smallest absolute Gasteiger partial charge is 0.0139 e. The maximum Gasteiger partial charge on any atom is 0.0139 e. The Labute approximate surface area is 77.2 Å². The van der Waals surface area contributed by atoms with Gasteiger partial charge in [0.25, 0.3) is 0 Å². The first kappa shape index (κ1) is 11.7. The van der Waals surface area contributed by atoms with Gasteiger partial charge >= 0.3 is 0 Å². The summed E-state index contributed by atoms with van der Waals surface area (Å²) in [7, 11) is 0. The van der Waals surface area contributed by atoms with Crippen molar-refractivity contribution in [3.05, 3.63) is 12.2 Å². The molecule has 72 valence electrons. The molecule has 1 N–H and O–H groups in total. The normalized spacial score (nSPS) is 14.2. The Morgan fingerprint density at radius 1 is 1.00 bits per heavy atom. The topological polar surface area (TPSA) is 12.0 Å². The molecule has 0 atom stereocenters. The third-order valence-corrected chi connectivity index (χ3v) is 1.37. The van der Waals surface area contributed by atoms with Crippen LogP contribution in [-0.4, -0.2) is 12.1 Å². The van der Waals surface area contributed by atoms with E-state index in [-0.39, 0.29) is 5.54 Å². The molecule has 0 aromatic carbocycles. The Bertz CT molecular complexity index is 143. The maximum atomic E-state index is 3.41. The molecule has 0 aromatic rings. The van der Waals surface area contributed by atoms with E-state index in [1.54, 1.807) is 0 Å². The highest BCUT2D eigenvalue weighted by molar-refractivity contribution is 4.94. The molecule has 0 bridgehead atoms. The van der Waals surface area contributed by atoms with Crippen LogP contribution in [0.15, 0.2) is 12.2 Å². The van der Waals surface area contributed by atoms with Crippen LogP contribution in [0.5, 0.6) is 0 Å². The van der Waals surface area contributed by atoms with Crippen LogP contribution in [0.2, 0.25) is 0 Å². The Morgan fingerprint density at radius 2 is 1.50 bits per heavy atom. The zero-order valence-electron chi connectivity index (χ0n) is 9.36. The lowest BCUT2D eigenvalue weighted by Crippen LogP contribution is -2.35. The molecule has 0 aromatic heterocycles. The van der Waals surface area contributed by atoms with Crippen molar-refractivity contribution < 1.29 is 0 Å². The summed E-state index contributed by atoms with van der Waals surface area (Å²) in [6.07, 6.45) is 4.44. The highest BCUT2D eigenvalue weighted by Crippen LogP contribution is 2.13. The zero-order chi connectivity index (χ0) is 9.83. The second-order valence-electron chi connectivity index (χ2n) is 5.40. The molecule has 0 amide bonds. The molecule has 1 nitrogen and oxygen atoms in total. The summed E-state index contributed by atoms with van der Waals surface area (Å²) in [5.74, 6) is 0. The van der Waals surface area contributed by atoms with E-state index in [1.807, 2.05) is 0 Å². The molecule has 0 heterocycles. The Balaban J connectivity index is 3.64. The van der Waals surface area contributed by atoms with Crippen LogP contribution in [0.25, 0.3) is 0 Å². The minimum Gasteiger partial charge on any atom is -0.309 e. The number of hydrogen-bond acceptors (Lipinski definition) is 1. The van der Waals surface area contributed by atoms with Gasteiger partial charge in [-0.15, -0.1) is 0 Å². The largest absolute Gasteiger partial charge is 0.309 e. The molecule has 0 aliphatic rings. The van der Waals surface area contributed by atoms with Crippen LogP contribution in [0.4, 0.5) is 0 Å². The number of rotatable bonds is 2. The summed E-state index contributed by atoms with van der Waals surface area (Å²) in [5.41, 5.74) is 0.530. The molecule has 0 fully saturated rings. The quantitative estimate of drug-likeness (QED) is 0.627. The molecule has 0 saturated heterocycles. The first-order chi connectivity index (χ1) is 5.21. The summed E-state index contributed by atoms with van der Waals surface area (Å²) >= 11 is 0. The van der Waals surface area contributed by atoms with Gasteiger partial charge in [0.2, 0.25) is 0 Å². The van der Waals surface area contributed by atoms with Gasteiger partial charge in [-0.3, -0.25) is 0 Å². The van der Waals surface area contributed by atoms with Crippen LogP contribution < -0.4 is 5.32 Å². The van der Waals surface area contributed by atoms with Crippen LogP contribution >= 0.6 is 0 Å². The van der Waals surface area contributed by atoms with Crippen molar-refractivity contribution >= 4 is 0 Å². The fraction of sp³-hybridized carbons (Fsp3) is 0.818. The average molecular weight is 169 g/mol. The van der Waals surface area contributed by atoms with Gasteiger partial charge in [-0.2, -0.15) is 0 Å². The van der Waals surface area contributed by atoms with Crippen molar-refractivity contribution in [2.24, 2.45) is 5.41 Å². The lowest BCUT2D eigenvalue weighted by molar-refractivity contribution is 0.447. The van der Waals surface area contributed by atoms with E-state index in [4.69, 9.17) is 0 Å². The fourth-order valence-electron chi connectivity index (χ4n) is 0.778. The van der Waals surface area contributed by atoms with E-state index in [9.17, 15) is 0 Å². The van der Waals surface area contributed by atoms with Crippen molar-refractivity contribution in [3.63, 3.8) is 0 Å². The summed E-state index contributed by atoms with van der Waals surface area (Å²) < 4.78 is 0. The predicted octanol–water partition coefficient (Wildman–Crippen LogP) is 2.98. The van der Waals surface area contributed by atoms with E-state index in [0.29, 0.717) is 5.41 Å². The minimum absolute atomic E-state index is 0.224. The van der Waals surface area contributed by atoms with Crippen molar-refractivity contribution in [1.82, 2.24) is 5.32 Å². The zero-order valence-corrected chi connectivity index (χ0v) is 9.36. The fourth-order valence-corrected chi connectivity index (χ4v) is 0.778. The first-order valence-electron chi connectivity index (χ1n) is 4.63. The molecular formula is C11H23N. The SMILES string of the molecule is CC(C)(C)C=CCNC(C)(C)C. The number of allylic oxidation sites excluding steroid dienone is 1. The van der Waals surface area contributed by atoms with Gasteiger partial charge in [0.15, 0.2) is 0 Å². The number of hydrogen-bond donors (Lipinski definition) is 1. The van der Waals surface area contributed by atoms with E-state index < -0.39 is 0 Å². The molecule has 0 unspecified atom stereocenters. The van der Waals surface area contributed by atoms with Crippen molar-refractivity contribution in [3.8, 4) is 0 Å². The second kappa shape index (κ2) is 4.08. The molecule has 0 rings (SSSR count). The third-order valence-electron chi connectivity index (χ3n) is 1.37. The molecule has 0 aliphatic carbocycles. The minimum atomic E-state index is 0.224. The van der Waals surface area contributed by atoms with Crippen LogP contribution in [0.3, 0.4) is 0 Å². The number of nitrogens with one attached hydrogen (secondary N) is 1. The summed E-state index contributed by atoms with van der Waals surface area (Å²) in [6, 6.07) is 0. The van der Waals surface area contributed by atoms with Gasteiger partial charge in [0, 0.05) is 12.1 Å². The molecule has 12 heavy (non-hydrogen) atoms. The Morgan fingerprint density at radius 3 is 1.83 bits per heavy atom. The van der Waals surface area contributed by atoms with Gasteiger partial charge in [-0.05, 0) is 26.2 Å². The van der Waals surface area contributed by atoms with Crippen LogP contribution in [0, 0.1) is 5.41 Å². The van der Waals surface area contributed by atoms with Crippen molar-refractivity contribution in [2.45, 2.75) is 47.1 Å². The van der Waals surface area contributed by atoms with Gasteiger partial charge in [0.05, 0.1) is 0 Å². The lowest BCUT2D eigenvalue weighted by atomic mass is 9.96. The van der Waals surface area contributed by atoms with Gasteiger partial charge < -0.3 is 5.32 Å². The van der Waals surface area contributed by atoms with E-state index in [2.05, 4.69) is 59.0 Å². The van der Waals surface area contributed by atoms with Gasteiger partial charge in [0.1, 0.15) is 0 Å². The Hall–Kier alpha value is -0.300. The summed E-state index contributed by atoms with van der Waals surface area (Å²) in [6.45, 7) is 14.1. The summed E-state index contributed by atoms with van der Waals surface area (Å²) in [4.78, 5) is 0. The third kappa shape index (κ3) is 9.70. The van der Waals surface area contributed by atoms with Crippen LogP contribution in [0.1, 0.15) is 41.5 Å². The predicted molar refractivity (Wildman–Crippen MR) is 56.4 cm³/mol. The summed E-state index contributed by atoms with van der Waals surface area (Å²) in [5, 5.41) is 3.41. The van der Waals surface area contributed by atoms with Gasteiger partial charge in [-0.25, -0.2) is 0 Å². The van der Waals surface area contributed by atoms with Crippen LogP contribution in [-0.2, 0) is 0 Å². The van der Waals surface area contributed by atoms with Gasteiger partial charge in [-0.1, -0.05) is 32.9 Å².